The second kappa shape index (κ2) is 6.10. The van der Waals surface area contributed by atoms with E-state index in [1.807, 2.05) is 4.90 Å². The molecule has 1 N–H and O–H groups in total. The molecule has 0 spiro atoms. The molecule has 2 rings (SSSR count). The Balaban J connectivity index is 2.08. The Hall–Kier alpha value is -1.14. The third-order valence-corrected chi connectivity index (χ3v) is 4.44. The van der Waals surface area contributed by atoms with Crippen LogP contribution in [-0.2, 0) is 14.3 Å². The highest BCUT2D eigenvalue weighted by molar-refractivity contribution is 5.82. The van der Waals surface area contributed by atoms with Crippen molar-refractivity contribution in [3.05, 3.63) is 0 Å². The van der Waals surface area contributed by atoms with Crippen LogP contribution in [0.4, 0.5) is 0 Å². The third-order valence-electron chi connectivity index (χ3n) is 4.44. The molecule has 0 aromatic heterocycles. The minimum Gasteiger partial charge on any atom is -0.375 e. The molecule has 0 aromatic rings. The maximum Gasteiger partial charge on any atom is 0.248 e. The summed E-state index contributed by atoms with van der Waals surface area (Å²) in [5.74, 6) is 0.519. The van der Waals surface area contributed by atoms with E-state index >= 15 is 0 Å². The van der Waals surface area contributed by atoms with Crippen molar-refractivity contribution in [2.75, 3.05) is 33.9 Å². The maximum absolute atomic E-state index is 12.0. The van der Waals surface area contributed by atoms with E-state index in [4.69, 9.17) is 4.74 Å². The monoisotopic (exact) mass is 283 g/mol. The lowest BCUT2D eigenvalue weighted by atomic mass is 10.0. The van der Waals surface area contributed by atoms with Crippen LogP contribution in [-0.4, -0.2) is 73.6 Å². The Kier molecular flexibility index (Phi) is 4.65. The molecule has 2 amide bonds. The Morgan fingerprint density at radius 3 is 2.60 bits per heavy atom. The van der Waals surface area contributed by atoms with Crippen LogP contribution >= 0.6 is 0 Å². The Labute approximate surface area is 120 Å². The Bertz CT molecular complexity index is 386. The first kappa shape index (κ1) is 15.3. The fourth-order valence-electron chi connectivity index (χ4n) is 3.63. The van der Waals surface area contributed by atoms with Crippen LogP contribution in [0.25, 0.3) is 0 Å². The van der Waals surface area contributed by atoms with Crippen molar-refractivity contribution in [2.24, 2.45) is 5.92 Å². The molecule has 2 heterocycles. The van der Waals surface area contributed by atoms with Crippen LogP contribution in [0.15, 0.2) is 0 Å². The second-order valence-corrected chi connectivity index (χ2v) is 5.97. The third kappa shape index (κ3) is 2.67. The van der Waals surface area contributed by atoms with Crippen molar-refractivity contribution in [3.63, 3.8) is 0 Å². The van der Waals surface area contributed by atoms with E-state index in [2.05, 4.69) is 24.1 Å². The number of carbonyl (C=O) groups is 2. The van der Waals surface area contributed by atoms with Gasteiger partial charge in [0.1, 0.15) is 6.61 Å². The van der Waals surface area contributed by atoms with Gasteiger partial charge >= 0.3 is 0 Å². The van der Waals surface area contributed by atoms with Gasteiger partial charge in [0.25, 0.3) is 0 Å². The molecule has 2 saturated heterocycles. The molecule has 6 heteroatoms. The van der Waals surface area contributed by atoms with Crippen LogP contribution in [0.3, 0.4) is 0 Å². The SMILES string of the molecule is CNC(=O)[C@@H]1C[C@H]2CN(C(=O)COC)C[C@H]2N1C(C)C. The number of fused-ring (bicyclic) bond motifs is 1. The van der Waals surface area contributed by atoms with Crippen LogP contribution in [0.5, 0.6) is 0 Å². The number of hydrogen-bond donors (Lipinski definition) is 1. The molecule has 2 aliphatic heterocycles. The second-order valence-electron chi connectivity index (χ2n) is 5.97. The van der Waals surface area contributed by atoms with Gasteiger partial charge in [0, 0.05) is 39.3 Å². The average Bonchev–Trinajstić information content (AvgIpc) is 2.94. The Morgan fingerprint density at radius 2 is 2.05 bits per heavy atom. The van der Waals surface area contributed by atoms with E-state index in [1.165, 1.54) is 7.11 Å². The summed E-state index contributed by atoms with van der Waals surface area (Å²) < 4.78 is 4.92. The van der Waals surface area contributed by atoms with Crippen molar-refractivity contribution >= 4 is 11.8 Å². The number of likely N-dealkylation sites (N-methyl/N-ethyl adjacent to an activating group) is 1. The zero-order chi connectivity index (χ0) is 14.9. The summed E-state index contributed by atoms with van der Waals surface area (Å²) in [5.41, 5.74) is 0. The smallest absolute Gasteiger partial charge is 0.248 e. The average molecular weight is 283 g/mol. The van der Waals surface area contributed by atoms with Gasteiger partial charge in [0.05, 0.1) is 6.04 Å². The highest BCUT2D eigenvalue weighted by Gasteiger charge is 2.50. The van der Waals surface area contributed by atoms with Crippen molar-refractivity contribution in [1.82, 2.24) is 15.1 Å². The molecule has 2 fully saturated rings. The number of carbonyl (C=O) groups excluding carboxylic acids is 2. The van der Waals surface area contributed by atoms with Crippen molar-refractivity contribution in [2.45, 2.75) is 38.4 Å². The summed E-state index contributed by atoms with van der Waals surface area (Å²) in [6.07, 6.45) is 0.833. The van der Waals surface area contributed by atoms with Gasteiger partial charge in [-0.3, -0.25) is 14.5 Å². The van der Waals surface area contributed by atoms with E-state index in [0.29, 0.717) is 18.5 Å². The molecule has 0 unspecified atom stereocenters. The molecule has 0 saturated carbocycles. The quantitative estimate of drug-likeness (QED) is 0.769. The van der Waals surface area contributed by atoms with E-state index in [-0.39, 0.29) is 30.5 Å². The number of nitrogens with one attached hydrogen (secondary N) is 1. The predicted molar refractivity (Wildman–Crippen MR) is 75.2 cm³/mol. The van der Waals surface area contributed by atoms with Crippen LogP contribution in [0, 0.1) is 5.92 Å². The largest absolute Gasteiger partial charge is 0.375 e. The summed E-state index contributed by atoms with van der Waals surface area (Å²) in [4.78, 5) is 28.1. The van der Waals surface area contributed by atoms with Gasteiger partial charge in [-0.1, -0.05) is 0 Å². The lowest BCUT2D eigenvalue weighted by Crippen LogP contribution is -2.50. The number of hydrogen-bond acceptors (Lipinski definition) is 4. The summed E-state index contributed by atoms with van der Waals surface area (Å²) >= 11 is 0. The minimum absolute atomic E-state index is 0.0436. The van der Waals surface area contributed by atoms with Crippen molar-refractivity contribution in [3.8, 4) is 0 Å². The number of ether oxygens (including phenoxy) is 1. The summed E-state index contributed by atoms with van der Waals surface area (Å²) in [6.45, 7) is 5.80. The van der Waals surface area contributed by atoms with Crippen LogP contribution in [0.1, 0.15) is 20.3 Å². The van der Waals surface area contributed by atoms with Crippen molar-refractivity contribution in [1.29, 1.82) is 0 Å². The molecule has 0 aliphatic carbocycles. The molecule has 0 aromatic carbocycles. The molecular formula is C14H25N3O3. The van der Waals surface area contributed by atoms with Crippen LogP contribution in [0.2, 0.25) is 0 Å². The molecule has 20 heavy (non-hydrogen) atoms. The van der Waals surface area contributed by atoms with Gasteiger partial charge in [-0.2, -0.15) is 0 Å². The first-order valence-electron chi connectivity index (χ1n) is 7.25. The zero-order valence-corrected chi connectivity index (χ0v) is 12.8. The molecule has 3 atom stereocenters. The molecule has 6 nitrogen and oxygen atoms in total. The van der Waals surface area contributed by atoms with Crippen LogP contribution < -0.4 is 5.32 Å². The van der Waals surface area contributed by atoms with Gasteiger partial charge in [-0.05, 0) is 26.2 Å². The number of nitrogens with zero attached hydrogens (tertiary/aromatic N) is 2. The van der Waals surface area contributed by atoms with Gasteiger partial charge < -0.3 is 15.0 Å². The van der Waals surface area contributed by atoms with Gasteiger partial charge in [0.15, 0.2) is 0 Å². The fraction of sp³-hybridized carbons (Fsp3) is 0.857. The number of likely N-dealkylation sites (tertiary alicyclic amines) is 2. The lowest BCUT2D eigenvalue weighted by molar-refractivity contribution is -0.134. The van der Waals surface area contributed by atoms with E-state index in [1.54, 1.807) is 7.05 Å². The number of amides is 2. The molecule has 0 radical (unpaired) electrons. The molecule has 2 aliphatic rings. The molecule has 0 bridgehead atoms. The highest BCUT2D eigenvalue weighted by atomic mass is 16.5. The normalized spacial score (nSPS) is 29.9. The summed E-state index contributed by atoms with van der Waals surface area (Å²) in [5, 5.41) is 2.75. The van der Waals surface area contributed by atoms with Crippen molar-refractivity contribution < 1.29 is 14.3 Å². The standard InChI is InChI=1S/C14H25N3O3/c1-9(2)17-11(14(19)15-3)5-10-6-16(7-12(10)17)13(18)8-20-4/h9-12H,5-8H2,1-4H3,(H,15,19)/t10-,11-,12+/m0/s1. The summed E-state index contributed by atoms with van der Waals surface area (Å²) in [7, 11) is 3.22. The van der Waals surface area contributed by atoms with Gasteiger partial charge in [0.2, 0.25) is 11.8 Å². The van der Waals surface area contributed by atoms with E-state index in [9.17, 15) is 9.59 Å². The topological polar surface area (TPSA) is 61.9 Å². The fourth-order valence-corrected chi connectivity index (χ4v) is 3.63. The maximum atomic E-state index is 12.0. The molecule has 114 valence electrons. The summed E-state index contributed by atoms with van der Waals surface area (Å²) in [6, 6.07) is 0.526. The zero-order valence-electron chi connectivity index (χ0n) is 12.8. The lowest BCUT2D eigenvalue weighted by Gasteiger charge is -2.33. The van der Waals surface area contributed by atoms with Gasteiger partial charge in [-0.25, -0.2) is 0 Å². The van der Waals surface area contributed by atoms with E-state index < -0.39 is 0 Å². The first-order valence-corrected chi connectivity index (χ1v) is 7.25. The van der Waals surface area contributed by atoms with E-state index in [0.717, 1.165) is 13.0 Å². The highest BCUT2D eigenvalue weighted by Crippen LogP contribution is 2.37. The molecular weight excluding hydrogens is 258 g/mol. The van der Waals surface area contributed by atoms with Gasteiger partial charge in [-0.15, -0.1) is 0 Å². The number of methoxy groups -OCH3 is 1. The predicted octanol–water partition coefficient (Wildman–Crippen LogP) is -0.311. The minimum atomic E-state index is -0.0605. The Morgan fingerprint density at radius 1 is 1.35 bits per heavy atom. The number of rotatable bonds is 4. The first-order chi connectivity index (χ1) is 9.49.